The second-order valence-corrected chi connectivity index (χ2v) is 4.99. The zero-order valence-corrected chi connectivity index (χ0v) is 9.29. The van der Waals surface area contributed by atoms with E-state index in [9.17, 15) is 0 Å². The molecule has 0 heterocycles. The van der Waals surface area contributed by atoms with Crippen LogP contribution in [0.1, 0.15) is 39.5 Å². The second kappa shape index (κ2) is 4.22. The molecular weight excluding hydrogens is 168 g/mol. The van der Waals surface area contributed by atoms with Gasteiger partial charge in [0.15, 0.2) is 0 Å². The van der Waals surface area contributed by atoms with E-state index >= 15 is 0 Å². The van der Waals surface area contributed by atoms with Gasteiger partial charge in [0, 0.05) is 12.8 Å². The molecule has 0 amide bonds. The molecule has 0 radical (unpaired) electrons. The van der Waals surface area contributed by atoms with E-state index in [1.807, 2.05) is 0 Å². The van der Waals surface area contributed by atoms with Crippen LogP contribution in [0, 0.1) is 35.5 Å². The third kappa shape index (κ3) is 1.87. The molecule has 0 heteroatoms. The van der Waals surface area contributed by atoms with Crippen molar-refractivity contribution in [3.8, 4) is 11.8 Å². The quantitative estimate of drug-likeness (QED) is 0.402. The van der Waals surface area contributed by atoms with Crippen molar-refractivity contribution in [2.45, 2.75) is 39.5 Å². The van der Waals surface area contributed by atoms with Crippen molar-refractivity contribution in [3.05, 3.63) is 12.2 Å². The Morgan fingerprint density at radius 3 is 2.43 bits per heavy atom. The lowest BCUT2D eigenvalue weighted by Gasteiger charge is -2.30. The smallest absolute Gasteiger partial charge is 0.0123 e. The molecule has 0 saturated carbocycles. The molecule has 0 aromatic heterocycles. The topological polar surface area (TPSA) is 0 Å². The summed E-state index contributed by atoms with van der Waals surface area (Å²) in [6.07, 6.45) is 9.55. The average Bonchev–Trinajstić information content (AvgIpc) is 2.45. The van der Waals surface area contributed by atoms with Gasteiger partial charge < -0.3 is 0 Å². The third-order valence-corrected chi connectivity index (χ3v) is 3.98. The maximum atomic E-state index is 3.36. The van der Waals surface area contributed by atoms with Gasteiger partial charge in [-0.1, -0.05) is 26.0 Å². The maximum Gasteiger partial charge on any atom is 0.0123 e. The summed E-state index contributed by atoms with van der Waals surface area (Å²) < 4.78 is 0. The highest BCUT2D eigenvalue weighted by Gasteiger charge is 2.31. The first-order valence-electron chi connectivity index (χ1n) is 5.89. The Morgan fingerprint density at radius 2 is 1.57 bits per heavy atom. The summed E-state index contributed by atoms with van der Waals surface area (Å²) in [4.78, 5) is 0. The Kier molecular flexibility index (Phi) is 2.96. The lowest BCUT2D eigenvalue weighted by Crippen LogP contribution is -2.24. The third-order valence-electron chi connectivity index (χ3n) is 3.98. The predicted octanol–water partition coefficient (Wildman–Crippen LogP) is 3.64. The van der Waals surface area contributed by atoms with Gasteiger partial charge in [0.05, 0.1) is 0 Å². The highest BCUT2D eigenvalue weighted by molar-refractivity contribution is 5.08. The highest BCUT2D eigenvalue weighted by Crippen LogP contribution is 2.38. The van der Waals surface area contributed by atoms with Crippen LogP contribution < -0.4 is 0 Å². The summed E-state index contributed by atoms with van der Waals surface area (Å²) >= 11 is 0. The van der Waals surface area contributed by atoms with Crippen LogP contribution in [0.3, 0.4) is 0 Å². The van der Waals surface area contributed by atoms with Gasteiger partial charge >= 0.3 is 0 Å². The molecule has 0 fully saturated rings. The van der Waals surface area contributed by atoms with E-state index in [0.717, 1.165) is 36.5 Å². The summed E-state index contributed by atoms with van der Waals surface area (Å²) in [6.45, 7) is 4.77. The molecule has 0 aromatic carbocycles. The monoisotopic (exact) mass is 188 g/mol. The van der Waals surface area contributed by atoms with E-state index in [1.165, 1.54) is 12.8 Å². The van der Waals surface area contributed by atoms with Crippen molar-refractivity contribution in [1.82, 2.24) is 0 Å². The number of allylic oxidation sites excluding steroid dienone is 2. The van der Waals surface area contributed by atoms with Crippen LogP contribution in [0.5, 0.6) is 0 Å². The molecular formula is C14H20. The Balaban J connectivity index is 2.19. The van der Waals surface area contributed by atoms with Crippen molar-refractivity contribution in [2.24, 2.45) is 23.7 Å². The molecule has 0 aliphatic heterocycles. The largest absolute Gasteiger partial charge is 0.103 e. The van der Waals surface area contributed by atoms with E-state index in [0.29, 0.717) is 0 Å². The summed E-state index contributed by atoms with van der Waals surface area (Å²) in [6, 6.07) is 0. The van der Waals surface area contributed by atoms with Crippen LogP contribution in [0.4, 0.5) is 0 Å². The molecule has 0 bridgehead atoms. The first-order valence-corrected chi connectivity index (χ1v) is 5.89. The zero-order valence-electron chi connectivity index (χ0n) is 9.29. The van der Waals surface area contributed by atoms with Crippen molar-refractivity contribution >= 4 is 0 Å². The molecule has 0 saturated heterocycles. The first-order chi connectivity index (χ1) is 6.79. The van der Waals surface area contributed by atoms with Gasteiger partial charge in [-0.05, 0) is 36.5 Å². The van der Waals surface area contributed by atoms with Crippen LogP contribution in [0.25, 0.3) is 0 Å². The normalized spacial score (nSPS) is 41.6. The minimum atomic E-state index is 0.792. The fourth-order valence-electron chi connectivity index (χ4n) is 2.92. The molecule has 0 nitrogen and oxygen atoms in total. The molecule has 0 N–H and O–H groups in total. The van der Waals surface area contributed by atoms with E-state index in [-0.39, 0.29) is 0 Å². The van der Waals surface area contributed by atoms with Gasteiger partial charge in [-0.25, -0.2) is 0 Å². The van der Waals surface area contributed by atoms with Crippen LogP contribution in [-0.4, -0.2) is 0 Å². The van der Waals surface area contributed by atoms with Gasteiger partial charge in [0.1, 0.15) is 0 Å². The van der Waals surface area contributed by atoms with Crippen molar-refractivity contribution in [2.75, 3.05) is 0 Å². The molecule has 76 valence electrons. The molecule has 2 rings (SSSR count). The minimum Gasteiger partial charge on any atom is -0.103 e. The Hall–Kier alpha value is -0.700. The molecule has 0 spiro atoms. The summed E-state index contributed by atoms with van der Waals surface area (Å²) in [5.74, 6) is 10.0. The van der Waals surface area contributed by atoms with Crippen LogP contribution in [0.15, 0.2) is 12.2 Å². The van der Waals surface area contributed by atoms with Crippen molar-refractivity contribution in [3.63, 3.8) is 0 Å². The Bertz CT molecular complexity index is 276. The highest BCUT2D eigenvalue weighted by atomic mass is 14.3. The molecule has 4 unspecified atom stereocenters. The second-order valence-electron chi connectivity index (χ2n) is 4.99. The van der Waals surface area contributed by atoms with Gasteiger partial charge in [-0.3, -0.25) is 0 Å². The minimum absolute atomic E-state index is 0.792. The SMILES string of the molecule is CC1CC=CCC2C(C)CC#CCC12. The lowest BCUT2D eigenvalue weighted by atomic mass is 9.74. The lowest BCUT2D eigenvalue weighted by molar-refractivity contribution is 0.194. The molecule has 2 aliphatic rings. The fraction of sp³-hybridized carbons (Fsp3) is 0.714. The number of hydrogen-bond donors (Lipinski definition) is 0. The van der Waals surface area contributed by atoms with E-state index in [4.69, 9.17) is 0 Å². The van der Waals surface area contributed by atoms with Crippen LogP contribution >= 0.6 is 0 Å². The first kappa shape index (κ1) is 9.84. The van der Waals surface area contributed by atoms with Gasteiger partial charge in [-0.15, -0.1) is 11.8 Å². The molecule has 0 aromatic rings. The standard InChI is InChI=1S/C14H20/c1-11-7-3-5-10-14-12(2)8-4-6-9-13(11)14/h3,5,11-14H,7-10H2,1-2H3. The molecule has 2 aliphatic carbocycles. The van der Waals surface area contributed by atoms with E-state index in [2.05, 4.69) is 37.8 Å². The zero-order chi connectivity index (χ0) is 9.97. The fourth-order valence-corrected chi connectivity index (χ4v) is 2.92. The summed E-state index contributed by atoms with van der Waals surface area (Å²) in [5.41, 5.74) is 0. The van der Waals surface area contributed by atoms with Gasteiger partial charge in [0.2, 0.25) is 0 Å². The predicted molar refractivity (Wildman–Crippen MR) is 60.7 cm³/mol. The summed E-state index contributed by atoms with van der Waals surface area (Å²) in [7, 11) is 0. The number of hydrogen-bond acceptors (Lipinski definition) is 0. The molecule has 14 heavy (non-hydrogen) atoms. The van der Waals surface area contributed by atoms with Gasteiger partial charge in [0.25, 0.3) is 0 Å². The Morgan fingerprint density at radius 1 is 0.857 bits per heavy atom. The van der Waals surface area contributed by atoms with E-state index in [1.54, 1.807) is 0 Å². The number of rotatable bonds is 0. The van der Waals surface area contributed by atoms with Crippen molar-refractivity contribution < 1.29 is 0 Å². The van der Waals surface area contributed by atoms with Crippen LogP contribution in [-0.2, 0) is 0 Å². The summed E-state index contributed by atoms with van der Waals surface area (Å²) in [5, 5.41) is 0. The van der Waals surface area contributed by atoms with Crippen LogP contribution in [0.2, 0.25) is 0 Å². The number of fused-ring (bicyclic) bond motifs is 1. The maximum absolute atomic E-state index is 3.36. The molecule has 4 atom stereocenters. The van der Waals surface area contributed by atoms with Crippen molar-refractivity contribution in [1.29, 1.82) is 0 Å². The average molecular weight is 188 g/mol. The Labute approximate surface area is 87.8 Å². The van der Waals surface area contributed by atoms with Gasteiger partial charge in [-0.2, -0.15) is 0 Å². The van der Waals surface area contributed by atoms with E-state index < -0.39 is 0 Å².